The molecule has 2 rings (SSSR count). The Labute approximate surface area is 127 Å². The van der Waals surface area contributed by atoms with Crippen molar-refractivity contribution in [1.82, 2.24) is 0 Å². The maximum atomic E-state index is 6.19. The van der Waals surface area contributed by atoms with Gasteiger partial charge in [-0.1, -0.05) is 56.7 Å². The third kappa shape index (κ3) is 4.61. The van der Waals surface area contributed by atoms with Gasteiger partial charge in [0.2, 0.25) is 0 Å². The molecular formula is C19H25NO. The van der Waals surface area contributed by atoms with E-state index in [2.05, 4.69) is 50.2 Å². The largest absolute Gasteiger partial charge is 0.492 e. The maximum absolute atomic E-state index is 6.19. The van der Waals surface area contributed by atoms with Gasteiger partial charge in [0.05, 0.1) is 6.04 Å². The quantitative estimate of drug-likeness (QED) is 0.823. The minimum atomic E-state index is -0.0915. The van der Waals surface area contributed by atoms with Gasteiger partial charge in [-0.3, -0.25) is 0 Å². The first-order valence-corrected chi connectivity index (χ1v) is 7.79. The fourth-order valence-corrected chi connectivity index (χ4v) is 2.32. The molecule has 0 amide bonds. The second kappa shape index (κ2) is 7.84. The van der Waals surface area contributed by atoms with Crippen LogP contribution in [-0.2, 0) is 12.8 Å². The second-order valence-electron chi connectivity index (χ2n) is 5.41. The van der Waals surface area contributed by atoms with Crippen LogP contribution in [0, 0.1) is 0 Å². The summed E-state index contributed by atoms with van der Waals surface area (Å²) in [7, 11) is 0. The third-order valence-electron chi connectivity index (χ3n) is 3.71. The van der Waals surface area contributed by atoms with Crippen LogP contribution in [0.3, 0.4) is 0 Å². The van der Waals surface area contributed by atoms with Gasteiger partial charge < -0.3 is 10.5 Å². The van der Waals surface area contributed by atoms with Gasteiger partial charge in [0.15, 0.2) is 0 Å². The summed E-state index contributed by atoms with van der Waals surface area (Å²) >= 11 is 0. The molecule has 0 aliphatic carbocycles. The number of ether oxygens (including phenoxy) is 1. The van der Waals surface area contributed by atoms with Crippen molar-refractivity contribution < 1.29 is 4.74 Å². The Morgan fingerprint density at radius 1 is 0.905 bits per heavy atom. The molecule has 0 spiro atoms. The Morgan fingerprint density at radius 2 is 1.52 bits per heavy atom. The van der Waals surface area contributed by atoms with Crippen molar-refractivity contribution >= 4 is 0 Å². The lowest BCUT2D eigenvalue weighted by Crippen LogP contribution is -2.19. The fraction of sp³-hybridized carbons (Fsp3) is 0.368. The molecule has 2 N–H and O–H groups in total. The monoisotopic (exact) mass is 283 g/mol. The number of nitrogens with two attached hydrogens (primary N) is 1. The van der Waals surface area contributed by atoms with Crippen LogP contribution >= 0.6 is 0 Å². The zero-order valence-electron chi connectivity index (χ0n) is 13.0. The van der Waals surface area contributed by atoms with Gasteiger partial charge in [0, 0.05) is 0 Å². The topological polar surface area (TPSA) is 35.2 Å². The molecule has 2 aromatic carbocycles. The average Bonchev–Trinajstić information content (AvgIpc) is 2.54. The maximum Gasteiger partial charge on any atom is 0.119 e. The van der Waals surface area contributed by atoms with Crippen LogP contribution in [0.5, 0.6) is 5.75 Å². The molecule has 0 saturated heterocycles. The Morgan fingerprint density at radius 3 is 2.10 bits per heavy atom. The summed E-state index contributed by atoms with van der Waals surface area (Å²) in [6.45, 7) is 4.84. The molecule has 0 saturated carbocycles. The van der Waals surface area contributed by atoms with Gasteiger partial charge in [0.1, 0.15) is 12.4 Å². The summed E-state index contributed by atoms with van der Waals surface area (Å²) in [5, 5.41) is 0. The first-order chi connectivity index (χ1) is 10.2. The Hall–Kier alpha value is -1.80. The predicted octanol–water partition coefficient (Wildman–Crippen LogP) is 4.28. The summed E-state index contributed by atoms with van der Waals surface area (Å²) < 4.78 is 5.79. The minimum absolute atomic E-state index is 0.0915. The highest BCUT2D eigenvalue weighted by Crippen LogP contribution is 2.17. The Kier molecular flexibility index (Phi) is 5.82. The van der Waals surface area contributed by atoms with Gasteiger partial charge in [-0.15, -0.1) is 0 Å². The van der Waals surface area contributed by atoms with Crippen LogP contribution in [0.2, 0.25) is 0 Å². The van der Waals surface area contributed by atoms with Crippen LogP contribution in [0.25, 0.3) is 0 Å². The normalized spacial score (nSPS) is 12.1. The van der Waals surface area contributed by atoms with Crippen molar-refractivity contribution in [3.05, 3.63) is 65.2 Å². The van der Waals surface area contributed by atoms with Crippen LogP contribution < -0.4 is 10.5 Å². The van der Waals surface area contributed by atoms with E-state index in [4.69, 9.17) is 10.5 Å². The van der Waals surface area contributed by atoms with E-state index in [-0.39, 0.29) is 6.04 Å². The number of benzene rings is 2. The number of rotatable bonds is 7. The smallest absolute Gasteiger partial charge is 0.119 e. The second-order valence-corrected chi connectivity index (χ2v) is 5.41. The molecule has 0 radical (unpaired) electrons. The number of aryl methyl sites for hydroxylation is 2. The molecule has 0 aliphatic rings. The van der Waals surface area contributed by atoms with Gasteiger partial charge in [-0.05, 0) is 41.7 Å². The van der Waals surface area contributed by atoms with Crippen molar-refractivity contribution in [1.29, 1.82) is 0 Å². The van der Waals surface area contributed by atoms with Crippen molar-refractivity contribution in [3.8, 4) is 5.75 Å². The van der Waals surface area contributed by atoms with Gasteiger partial charge >= 0.3 is 0 Å². The lowest BCUT2D eigenvalue weighted by molar-refractivity contribution is 0.290. The first kappa shape index (κ1) is 15.6. The molecule has 0 heterocycles. The van der Waals surface area contributed by atoms with Crippen LogP contribution in [0.1, 0.15) is 43.0 Å². The Balaban J connectivity index is 1.88. The number of hydrogen-bond acceptors (Lipinski definition) is 2. The average molecular weight is 283 g/mol. The highest BCUT2D eigenvalue weighted by Gasteiger charge is 2.07. The fourth-order valence-electron chi connectivity index (χ4n) is 2.32. The van der Waals surface area contributed by atoms with Crippen molar-refractivity contribution in [3.63, 3.8) is 0 Å². The summed E-state index contributed by atoms with van der Waals surface area (Å²) in [4.78, 5) is 0. The third-order valence-corrected chi connectivity index (χ3v) is 3.71. The SMILES string of the molecule is CCCc1ccc(OCC(N)c2ccc(CC)cc2)cc1. The minimum Gasteiger partial charge on any atom is -0.492 e. The molecule has 112 valence electrons. The molecule has 0 fully saturated rings. The predicted molar refractivity (Wildman–Crippen MR) is 88.7 cm³/mol. The highest BCUT2D eigenvalue weighted by molar-refractivity contribution is 5.28. The first-order valence-electron chi connectivity index (χ1n) is 7.79. The van der Waals surface area contributed by atoms with Crippen LogP contribution in [0.15, 0.2) is 48.5 Å². The van der Waals surface area contributed by atoms with Gasteiger partial charge in [0.25, 0.3) is 0 Å². The molecular weight excluding hydrogens is 258 g/mol. The highest BCUT2D eigenvalue weighted by atomic mass is 16.5. The van der Waals surface area contributed by atoms with Gasteiger partial charge in [-0.25, -0.2) is 0 Å². The van der Waals surface area contributed by atoms with E-state index in [0.29, 0.717) is 6.61 Å². The molecule has 2 heteroatoms. The van der Waals surface area contributed by atoms with E-state index in [1.54, 1.807) is 0 Å². The number of hydrogen-bond donors (Lipinski definition) is 1. The van der Waals surface area contributed by atoms with E-state index in [1.807, 2.05) is 12.1 Å². The molecule has 1 atom stereocenters. The molecule has 21 heavy (non-hydrogen) atoms. The van der Waals surface area contributed by atoms with E-state index >= 15 is 0 Å². The lowest BCUT2D eigenvalue weighted by atomic mass is 10.1. The van der Waals surface area contributed by atoms with Crippen molar-refractivity contribution in [2.45, 2.75) is 39.2 Å². The summed E-state index contributed by atoms with van der Waals surface area (Å²) in [5.41, 5.74) is 9.99. The zero-order chi connectivity index (χ0) is 15.1. The van der Waals surface area contributed by atoms with E-state index in [0.717, 1.165) is 24.2 Å². The molecule has 0 bridgehead atoms. The molecule has 2 nitrogen and oxygen atoms in total. The molecule has 1 unspecified atom stereocenters. The van der Waals surface area contributed by atoms with E-state index < -0.39 is 0 Å². The van der Waals surface area contributed by atoms with Crippen LogP contribution in [0.4, 0.5) is 0 Å². The zero-order valence-corrected chi connectivity index (χ0v) is 13.0. The standard InChI is InChI=1S/C19H25NO/c1-3-5-16-8-12-18(13-9-16)21-14-19(20)17-10-6-15(4-2)7-11-17/h6-13,19H,3-5,14,20H2,1-2H3. The van der Waals surface area contributed by atoms with Gasteiger partial charge in [-0.2, -0.15) is 0 Å². The summed E-state index contributed by atoms with van der Waals surface area (Å²) in [6.07, 6.45) is 3.33. The van der Waals surface area contributed by atoms with E-state index in [9.17, 15) is 0 Å². The van der Waals surface area contributed by atoms with Crippen molar-refractivity contribution in [2.75, 3.05) is 6.61 Å². The van der Waals surface area contributed by atoms with Crippen LogP contribution in [-0.4, -0.2) is 6.61 Å². The molecule has 2 aromatic rings. The molecule has 0 aromatic heterocycles. The van der Waals surface area contributed by atoms with Crippen molar-refractivity contribution in [2.24, 2.45) is 5.73 Å². The molecule has 0 aliphatic heterocycles. The summed E-state index contributed by atoms with van der Waals surface area (Å²) in [5.74, 6) is 0.885. The summed E-state index contributed by atoms with van der Waals surface area (Å²) in [6, 6.07) is 16.7. The van der Waals surface area contributed by atoms with E-state index in [1.165, 1.54) is 17.5 Å². The Bertz CT molecular complexity index is 530. The lowest BCUT2D eigenvalue weighted by Gasteiger charge is -2.14.